The Bertz CT molecular complexity index is 842. The van der Waals surface area contributed by atoms with Gasteiger partial charge >= 0.3 is 0 Å². The number of carbonyl (C=O) groups excluding carboxylic acids is 1. The third-order valence-electron chi connectivity index (χ3n) is 3.77. The molecule has 0 unspecified atom stereocenters. The first kappa shape index (κ1) is 17.9. The summed E-state index contributed by atoms with van der Waals surface area (Å²) in [5.74, 6) is -0.252. The van der Waals surface area contributed by atoms with E-state index in [2.05, 4.69) is 5.32 Å². The molecule has 2 aromatic carbocycles. The molecule has 2 N–H and O–H groups in total. The lowest BCUT2D eigenvalue weighted by Gasteiger charge is -2.22. The lowest BCUT2D eigenvalue weighted by atomic mass is 10.0. The van der Waals surface area contributed by atoms with Gasteiger partial charge < -0.3 is 10.4 Å². The second-order valence-corrected chi connectivity index (χ2v) is 8.07. The van der Waals surface area contributed by atoms with Crippen molar-refractivity contribution in [2.45, 2.75) is 17.4 Å². The molecule has 1 amide bonds. The van der Waals surface area contributed by atoms with E-state index in [4.69, 9.17) is 0 Å². The predicted molar refractivity (Wildman–Crippen MR) is 102 cm³/mol. The van der Waals surface area contributed by atoms with Crippen molar-refractivity contribution < 1.29 is 14.3 Å². The Morgan fingerprint density at radius 2 is 1.96 bits per heavy atom. The van der Waals surface area contributed by atoms with Gasteiger partial charge in [-0.15, -0.1) is 23.1 Å². The number of benzene rings is 2. The van der Waals surface area contributed by atoms with Crippen LogP contribution in [0.5, 0.6) is 0 Å². The van der Waals surface area contributed by atoms with Crippen molar-refractivity contribution in [3.8, 4) is 0 Å². The van der Waals surface area contributed by atoms with Gasteiger partial charge in [0.15, 0.2) is 0 Å². The zero-order valence-electron chi connectivity index (χ0n) is 13.7. The van der Waals surface area contributed by atoms with Crippen molar-refractivity contribution in [3.05, 3.63) is 65.3 Å². The van der Waals surface area contributed by atoms with Gasteiger partial charge in [0.05, 0.1) is 12.3 Å². The van der Waals surface area contributed by atoms with Crippen LogP contribution in [0.4, 0.5) is 4.39 Å². The standard InChI is InChI=1S/C19H18FNO2S2/c1-19(23,17-10-13-4-2-3-5-16(13)25-17)12-21-18(22)11-24-15-8-6-14(20)7-9-15/h2-10,23H,11-12H2,1H3,(H,21,22)/t19-/m0/s1. The topological polar surface area (TPSA) is 49.3 Å². The molecule has 0 saturated heterocycles. The van der Waals surface area contributed by atoms with E-state index in [1.165, 1.54) is 35.2 Å². The summed E-state index contributed by atoms with van der Waals surface area (Å²) in [5.41, 5.74) is -1.13. The number of nitrogens with one attached hydrogen (secondary N) is 1. The fourth-order valence-corrected chi connectivity index (χ4v) is 4.17. The number of thiophene rings is 1. The van der Waals surface area contributed by atoms with Gasteiger partial charge in [-0.1, -0.05) is 18.2 Å². The van der Waals surface area contributed by atoms with E-state index >= 15 is 0 Å². The molecule has 0 aliphatic rings. The van der Waals surface area contributed by atoms with E-state index < -0.39 is 5.60 Å². The maximum atomic E-state index is 12.9. The van der Waals surface area contributed by atoms with E-state index in [1.807, 2.05) is 30.3 Å². The van der Waals surface area contributed by atoms with E-state index in [1.54, 1.807) is 19.1 Å². The zero-order chi connectivity index (χ0) is 17.9. The van der Waals surface area contributed by atoms with Crippen LogP contribution in [-0.2, 0) is 10.4 Å². The highest BCUT2D eigenvalue weighted by atomic mass is 32.2. The van der Waals surface area contributed by atoms with Crippen LogP contribution in [0.2, 0.25) is 0 Å². The molecule has 3 aromatic rings. The monoisotopic (exact) mass is 375 g/mol. The molecule has 1 heterocycles. The van der Waals surface area contributed by atoms with Crippen LogP contribution >= 0.6 is 23.1 Å². The van der Waals surface area contributed by atoms with Crippen LogP contribution in [-0.4, -0.2) is 23.3 Å². The van der Waals surface area contributed by atoms with Crippen LogP contribution in [0, 0.1) is 5.82 Å². The molecule has 0 bridgehead atoms. The second kappa shape index (κ2) is 7.56. The van der Waals surface area contributed by atoms with E-state index in [0.29, 0.717) is 0 Å². The Morgan fingerprint density at radius 1 is 1.24 bits per heavy atom. The molecule has 25 heavy (non-hydrogen) atoms. The highest BCUT2D eigenvalue weighted by Crippen LogP contribution is 2.32. The van der Waals surface area contributed by atoms with Crippen molar-refractivity contribution in [2.75, 3.05) is 12.3 Å². The third-order valence-corrected chi connectivity index (χ3v) is 6.15. The van der Waals surface area contributed by atoms with Crippen LogP contribution in [0.3, 0.4) is 0 Å². The zero-order valence-corrected chi connectivity index (χ0v) is 15.3. The third kappa shape index (κ3) is 4.60. The number of hydrogen-bond donors (Lipinski definition) is 2. The Morgan fingerprint density at radius 3 is 2.68 bits per heavy atom. The van der Waals surface area contributed by atoms with E-state index in [0.717, 1.165) is 19.9 Å². The van der Waals surface area contributed by atoms with Gasteiger partial charge in [0.1, 0.15) is 11.4 Å². The minimum Gasteiger partial charge on any atom is -0.383 e. The number of aliphatic hydroxyl groups is 1. The number of thioether (sulfide) groups is 1. The molecule has 1 aromatic heterocycles. The summed E-state index contributed by atoms with van der Waals surface area (Å²) in [5, 5.41) is 14.6. The summed E-state index contributed by atoms with van der Waals surface area (Å²) in [6.07, 6.45) is 0. The highest BCUT2D eigenvalue weighted by Gasteiger charge is 2.26. The number of fused-ring (bicyclic) bond motifs is 1. The first-order valence-electron chi connectivity index (χ1n) is 7.80. The first-order chi connectivity index (χ1) is 11.9. The molecule has 3 nitrogen and oxygen atoms in total. The predicted octanol–water partition coefficient (Wildman–Crippen LogP) is 4.16. The molecule has 0 radical (unpaired) electrons. The number of rotatable bonds is 6. The number of halogens is 1. The molecule has 0 saturated carbocycles. The summed E-state index contributed by atoms with van der Waals surface area (Å²) < 4.78 is 14.0. The van der Waals surface area contributed by atoms with Crippen LogP contribution in [0.25, 0.3) is 10.1 Å². The number of amides is 1. The van der Waals surface area contributed by atoms with Crippen LogP contribution in [0.1, 0.15) is 11.8 Å². The lowest BCUT2D eigenvalue weighted by molar-refractivity contribution is -0.119. The summed E-state index contributed by atoms with van der Waals surface area (Å²) in [7, 11) is 0. The molecule has 130 valence electrons. The van der Waals surface area contributed by atoms with E-state index in [9.17, 15) is 14.3 Å². The van der Waals surface area contributed by atoms with Crippen LogP contribution in [0.15, 0.2) is 59.5 Å². The largest absolute Gasteiger partial charge is 0.383 e. The van der Waals surface area contributed by atoms with Gasteiger partial charge in [-0.2, -0.15) is 0 Å². The normalized spacial score (nSPS) is 13.6. The lowest BCUT2D eigenvalue weighted by Crippen LogP contribution is -2.38. The minimum atomic E-state index is -1.13. The van der Waals surface area contributed by atoms with Crippen molar-refractivity contribution in [2.24, 2.45) is 0 Å². The molecule has 0 spiro atoms. The first-order valence-corrected chi connectivity index (χ1v) is 9.61. The molecular formula is C19H18FNO2S2. The molecule has 6 heteroatoms. The maximum absolute atomic E-state index is 12.9. The Labute approximate surface area is 153 Å². The Hall–Kier alpha value is -1.89. The van der Waals surface area contributed by atoms with Crippen molar-refractivity contribution in [1.29, 1.82) is 0 Å². The fraction of sp³-hybridized carbons (Fsp3) is 0.211. The van der Waals surface area contributed by atoms with Crippen molar-refractivity contribution >= 4 is 39.1 Å². The summed E-state index contributed by atoms with van der Waals surface area (Å²) in [4.78, 5) is 13.7. The van der Waals surface area contributed by atoms with Crippen molar-refractivity contribution in [1.82, 2.24) is 5.32 Å². The summed E-state index contributed by atoms with van der Waals surface area (Å²) >= 11 is 2.86. The average Bonchev–Trinajstić information content (AvgIpc) is 3.05. The second-order valence-electron chi connectivity index (χ2n) is 5.94. The van der Waals surface area contributed by atoms with Gasteiger partial charge in [-0.25, -0.2) is 4.39 Å². The Kier molecular flexibility index (Phi) is 5.42. The Balaban J connectivity index is 1.55. The van der Waals surface area contributed by atoms with Gasteiger partial charge in [0, 0.05) is 14.5 Å². The number of carbonyl (C=O) groups is 1. The molecule has 1 atom stereocenters. The fourth-order valence-electron chi connectivity index (χ4n) is 2.34. The molecular weight excluding hydrogens is 357 g/mol. The molecule has 0 aliphatic heterocycles. The average molecular weight is 375 g/mol. The van der Waals surface area contributed by atoms with Crippen LogP contribution < -0.4 is 5.32 Å². The summed E-state index contributed by atoms with van der Waals surface area (Å²) in [6.45, 7) is 1.84. The molecule has 3 rings (SSSR count). The van der Waals surface area contributed by atoms with Crippen molar-refractivity contribution in [3.63, 3.8) is 0 Å². The maximum Gasteiger partial charge on any atom is 0.230 e. The summed E-state index contributed by atoms with van der Waals surface area (Å²) in [6, 6.07) is 15.9. The molecule has 0 aliphatic carbocycles. The highest BCUT2D eigenvalue weighted by molar-refractivity contribution is 8.00. The minimum absolute atomic E-state index is 0.142. The van der Waals surface area contributed by atoms with Gasteiger partial charge in [0.25, 0.3) is 0 Å². The molecule has 0 fully saturated rings. The van der Waals surface area contributed by atoms with Gasteiger partial charge in [-0.05, 0) is 48.7 Å². The van der Waals surface area contributed by atoms with Gasteiger partial charge in [0.2, 0.25) is 5.91 Å². The van der Waals surface area contributed by atoms with Gasteiger partial charge in [-0.3, -0.25) is 4.79 Å². The smallest absolute Gasteiger partial charge is 0.230 e. The number of hydrogen-bond acceptors (Lipinski definition) is 4. The SMILES string of the molecule is C[C@](O)(CNC(=O)CSc1ccc(F)cc1)c1cc2ccccc2s1. The van der Waals surface area contributed by atoms with E-state index in [-0.39, 0.29) is 24.0 Å². The quantitative estimate of drug-likeness (QED) is 0.636.